The second-order valence-electron chi connectivity index (χ2n) is 6.37. The summed E-state index contributed by atoms with van der Waals surface area (Å²) in [4.78, 5) is 0. The van der Waals surface area contributed by atoms with Crippen molar-refractivity contribution in [2.24, 2.45) is 11.3 Å². The maximum absolute atomic E-state index is 5.84. The van der Waals surface area contributed by atoms with E-state index in [1.54, 1.807) is 7.11 Å². The maximum Gasteiger partial charge on any atom is 0.119 e. The summed E-state index contributed by atoms with van der Waals surface area (Å²) in [7, 11) is 1.71. The molecule has 1 aromatic rings. The number of aryl methyl sites for hydroxylation is 1. The molecule has 1 aromatic carbocycles. The summed E-state index contributed by atoms with van der Waals surface area (Å²) in [5, 5.41) is 3.72. The fourth-order valence-corrected chi connectivity index (χ4v) is 3.71. The van der Waals surface area contributed by atoms with Gasteiger partial charge in [0.15, 0.2) is 0 Å². The molecule has 1 saturated heterocycles. The van der Waals surface area contributed by atoms with E-state index in [-0.39, 0.29) is 5.41 Å². The first-order valence-electron chi connectivity index (χ1n) is 7.07. The first-order valence-corrected chi connectivity index (χ1v) is 7.07. The largest absolute Gasteiger partial charge is 0.497 e. The number of methoxy groups -OCH3 is 1. The minimum absolute atomic E-state index is 0.216. The minimum atomic E-state index is 0.216. The molecule has 0 bridgehead atoms. The van der Waals surface area contributed by atoms with Gasteiger partial charge in [0.1, 0.15) is 5.75 Å². The molecule has 3 rings (SSSR count). The van der Waals surface area contributed by atoms with E-state index in [0.29, 0.717) is 18.1 Å². The van der Waals surface area contributed by atoms with E-state index >= 15 is 0 Å². The lowest BCUT2D eigenvalue weighted by Gasteiger charge is -2.55. The van der Waals surface area contributed by atoms with Gasteiger partial charge in [-0.05, 0) is 37.1 Å². The Kier molecular flexibility index (Phi) is 2.97. The molecule has 104 valence electrons. The van der Waals surface area contributed by atoms with E-state index in [9.17, 15) is 0 Å². The van der Waals surface area contributed by atoms with Gasteiger partial charge in [0.2, 0.25) is 0 Å². The van der Waals surface area contributed by atoms with Gasteiger partial charge in [-0.3, -0.25) is 0 Å². The highest BCUT2D eigenvalue weighted by atomic mass is 16.5. The zero-order valence-electron chi connectivity index (χ0n) is 12.2. The molecule has 1 aliphatic heterocycles. The van der Waals surface area contributed by atoms with Crippen molar-refractivity contribution in [1.29, 1.82) is 0 Å². The zero-order chi connectivity index (χ0) is 13.6. The summed E-state index contributed by atoms with van der Waals surface area (Å²) in [5.74, 6) is 1.58. The SMILES string of the molecule is COc1ccc(NC2C3CCOC3C2(C)C)c(C)c1. The van der Waals surface area contributed by atoms with Gasteiger partial charge < -0.3 is 14.8 Å². The van der Waals surface area contributed by atoms with E-state index in [1.807, 2.05) is 6.07 Å². The fourth-order valence-electron chi connectivity index (χ4n) is 3.71. The van der Waals surface area contributed by atoms with Crippen LogP contribution in [-0.4, -0.2) is 25.9 Å². The topological polar surface area (TPSA) is 30.5 Å². The molecule has 1 N–H and O–H groups in total. The summed E-state index contributed by atoms with van der Waals surface area (Å²) in [6, 6.07) is 6.72. The van der Waals surface area contributed by atoms with Gasteiger partial charge >= 0.3 is 0 Å². The Morgan fingerprint density at radius 1 is 1.37 bits per heavy atom. The van der Waals surface area contributed by atoms with Crippen LogP contribution >= 0.6 is 0 Å². The van der Waals surface area contributed by atoms with E-state index in [1.165, 1.54) is 17.7 Å². The van der Waals surface area contributed by atoms with Gasteiger partial charge in [-0.25, -0.2) is 0 Å². The van der Waals surface area contributed by atoms with Crippen LogP contribution in [0.5, 0.6) is 5.75 Å². The molecule has 3 heteroatoms. The first kappa shape index (κ1) is 12.8. The van der Waals surface area contributed by atoms with Gasteiger partial charge in [-0.15, -0.1) is 0 Å². The Morgan fingerprint density at radius 3 is 2.84 bits per heavy atom. The Hall–Kier alpha value is -1.22. The van der Waals surface area contributed by atoms with Crippen LogP contribution in [-0.2, 0) is 4.74 Å². The van der Waals surface area contributed by atoms with Crippen molar-refractivity contribution in [2.75, 3.05) is 19.0 Å². The lowest BCUT2D eigenvalue weighted by Crippen LogP contribution is -2.63. The second kappa shape index (κ2) is 4.41. The van der Waals surface area contributed by atoms with Crippen molar-refractivity contribution in [3.05, 3.63) is 23.8 Å². The molecule has 2 aliphatic rings. The molecule has 0 spiro atoms. The van der Waals surface area contributed by atoms with Gasteiger partial charge in [-0.1, -0.05) is 13.8 Å². The third kappa shape index (κ3) is 1.91. The average Bonchev–Trinajstić information content (AvgIpc) is 2.83. The molecule has 0 radical (unpaired) electrons. The standard InChI is InChI=1S/C16H23NO2/c1-10-9-11(18-4)5-6-13(10)17-14-12-7-8-19-15(12)16(14,2)3/h5-6,9,12,14-15,17H,7-8H2,1-4H3. The number of hydrogen-bond acceptors (Lipinski definition) is 3. The van der Waals surface area contributed by atoms with Gasteiger partial charge in [-0.2, -0.15) is 0 Å². The quantitative estimate of drug-likeness (QED) is 0.906. The molecule has 0 amide bonds. The third-order valence-electron chi connectivity index (χ3n) is 4.85. The lowest BCUT2D eigenvalue weighted by molar-refractivity contribution is -0.0923. The molecule has 1 saturated carbocycles. The Morgan fingerprint density at radius 2 is 2.16 bits per heavy atom. The fraction of sp³-hybridized carbons (Fsp3) is 0.625. The van der Waals surface area contributed by atoms with Gasteiger partial charge in [0, 0.05) is 29.7 Å². The second-order valence-corrected chi connectivity index (χ2v) is 6.37. The van der Waals surface area contributed by atoms with Gasteiger partial charge in [0.25, 0.3) is 0 Å². The van der Waals surface area contributed by atoms with Crippen molar-refractivity contribution < 1.29 is 9.47 Å². The highest BCUT2D eigenvalue weighted by Gasteiger charge is 2.59. The normalized spacial score (nSPS) is 31.5. The zero-order valence-corrected chi connectivity index (χ0v) is 12.2. The van der Waals surface area contributed by atoms with Crippen LogP contribution in [0.3, 0.4) is 0 Å². The third-order valence-corrected chi connectivity index (χ3v) is 4.85. The number of hydrogen-bond donors (Lipinski definition) is 1. The summed E-state index contributed by atoms with van der Waals surface area (Å²) < 4.78 is 11.1. The first-order chi connectivity index (χ1) is 9.04. The molecule has 2 fully saturated rings. The number of rotatable bonds is 3. The summed E-state index contributed by atoms with van der Waals surface area (Å²) in [6.45, 7) is 7.64. The molecule has 0 aromatic heterocycles. The molecule has 3 nitrogen and oxygen atoms in total. The summed E-state index contributed by atoms with van der Waals surface area (Å²) in [5.41, 5.74) is 2.66. The van der Waals surface area contributed by atoms with E-state index < -0.39 is 0 Å². The predicted molar refractivity (Wildman–Crippen MR) is 76.8 cm³/mol. The molecular formula is C16H23NO2. The van der Waals surface area contributed by atoms with Gasteiger partial charge in [0.05, 0.1) is 13.2 Å². The van der Waals surface area contributed by atoms with Crippen LogP contribution in [0, 0.1) is 18.3 Å². The maximum atomic E-state index is 5.84. The van der Waals surface area contributed by atoms with Crippen molar-refractivity contribution in [2.45, 2.75) is 39.3 Å². The Balaban J connectivity index is 1.78. The van der Waals surface area contributed by atoms with E-state index in [4.69, 9.17) is 9.47 Å². The summed E-state index contributed by atoms with van der Waals surface area (Å²) >= 11 is 0. The van der Waals surface area contributed by atoms with Crippen LogP contribution in [0.25, 0.3) is 0 Å². The monoisotopic (exact) mass is 261 g/mol. The number of fused-ring (bicyclic) bond motifs is 1. The number of benzene rings is 1. The molecular weight excluding hydrogens is 238 g/mol. The number of nitrogens with one attached hydrogen (secondary N) is 1. The van der Waals surface area contributed by atoms with E-state index in [2.05, 4.69) is 38.2 Å². The van der Waals surface area contributed by atoms with Crippen LogP contribution in [0.4, 0.5) is 5.69 Å². The molecule has 3 unspecified atom stereocenters. The highest BCUT2D eigenvalue weighted by Crippen LogP contribution is 2.53. The van der Waals surface area contributed by atoms with Crippen molar-refractivity contribution in [3.8, 4) is 5.75 Å². The highest BCUT2D eigenvalue weighted by molar-refractivity contribution is 5.55. The van der Waals surface area contributed by atoms with E-state index in [0.717, 1.165) is 12.4 Å². The molecule has 1 heterocycles. The predicted octanol–water partition coefficient (Wildman–Crippen LogP) is 3.23. The number of anilines is 1. The Labute approximate surface area is 115 Å². The van der Waals surface area contributed by atoms with Crippen molar-refractivity contribution in [3.63, 3.8) is 0 Å². The van der Waals surface area contributed by atoms with Crippen molar-refractivity contribution in [1.82, 2.24) is 0 Å². The smallest absolute Gasteiger partial charge is 0.119 e. The Bertz CT molecular complexity index is 484. The average molecular weight is 261 g/mol. The summed E-state index contributed by atoms with van der Waals surface area (Å²) in [6.07, 6.45) is 1.62. The van der Waals surface area contributed by atoms with Crippen LogP contribution < -0.4 is 10.1 Å². The van der Waals surface area contributed by atoms with Crippen LogP contribution in [0.15, 0.2) is 18.2 Å². The number of ether oxygens (including phenoxy) is 2. The lowest BCUT2D eigenvalue weighted by atomic mass is 9.57. The van der Waals surface area contributed by atoms with Crippen LogP contribution in [0.2, 0.25) is 0 Å². The van der Waals surface area contributed by atoms with Crippen molar-refractivity contribution >= 4 is 5.69 Å². The van der Waals surface area contributed by atoms with Crippen LogP contribution in [0.1, 0.15) is 25.8 Å². The molecule has 19 heavy (non-hydrogen) atoms. The minimum Gasteiger partial charge on any atom is -0.497 e. The molecule has 1 aliphatic carbocycles. The molecule has 3 atom stereocenters.